The smallest absolute Gasteiger partial charge is 0.139 e. The van der Waals surface area contributed by atoms with Crippen molar-refractivity contribution in [1.82, 2.24) is 0 Å². The molecular formula is C21H28O2. The van der Waals surface area contributed by atoms with Crippen molar-refractivity contribution < 1.29 is 9.59 Å². The van der Waals surface area contributed by atoms with E-state index in [0.717, 1.165) is 51.4 Å². The van der Waals surface area contributed by atoms with E-state index < -0.39 is 0 Å². The molecule has 0 N–H and O–H groups in total. The van der Waals surface area contributed by atoms with Crippen LogP contribution in [0.5, 0.6) is 0 Å². The fraction of sp³-hybridized carbons (Fsp3) is 0.762. The summed E-state index contributed by atoms with van der Waals surface area (Å²) in [6.45, 7) is 6.10. The zero-order valence-corrected chi connectivity index (χ0v) is 14.3. The quantitative estimate of drug-likeness (QED) is 0.669. The van der Waals surface area contributed by atoms with Crippen LogP contribution in [0.3, 0.4) is 0 Å². The average molecular weight is 312 g/mol. The van der Waals surface area contributed by atoms with Crippen molar-refractivity contribution >= 4 is 11.6 Å². The summed E-state index contributed by atoms with van der Waals surface area (Å²) in [4.78, 5) is 24.5. The topological polar surface area (TPSA) is 34.1 Å². The van der Waals surface area contributed by atoms with Crippen LogP contribution < -0.4 is 0 Å². The summed E-state index contributed by atoms with van der Waals surface area (Å²) in [7, 11) is 0. The number of hydrogen-bond acceptors (Lipinski definition) is 2. The summed E-state index contributed by atoms with van der Waals surface area (Å²) in [6, 6.07) is 0. The SMILES string of the molecule is C=C=C[C@]12CCC(=O)C[C@@H]1CC[C@@H]1[C@@H]2CC[C@]2(C)C(=O)CC[C@@H]12. The summed E-state index contributed by atoms with van der Waals surface area (Å²) < 4.78 is 0. The highest BCUT2D eigenvalue weighted by Crippen LogP contribution is 2.65. The van der Waals surface area contributed by atoms with Gasteiger partial charge in [0.2, 0.25) is 0 Å². The van der Waals surface area contributed by atoms with Crippen molar-refractivity contribution in [2.75, 3.05) is 0 Å². The van der Waals surface area contributed by atoms with Crippen molar-refractivity contribution in [3.05, 3.63) is 18.4 Å². The number of carbonyl (C=O) groups is 2. The Bertz CT molecular complexity index is 599. The molecule has 2 heteroatoms. The molecule has 0 unspecified atom stereocenters. The molecular weight excluding hydrogens is 284 g/mol. The predicted molar refractivity (Wildman–Crippen MR) is 89.8 cm³/mol. The lowest BCUT2D eigenvalue weighted by molar-refractivity contribution is -0.140. The first-order valence-electron chi connectivity index (χ1n) is 9.43. The average Bonchev–Trinajstić information content (AvgIpc) is 2.84. The lowest BCUT2D eigenvalue weighted by Gasteiger charge is -2.59. The van der Waals surface area contributed by atoms with Gasteiger partial charge in [-0.15, -0.1) is 5.73 Å². The van der Waals surface area contributed by atoms with E-state index in [1.54, 1.807) is 0 Å². The Balaban J connectivity index is 1.72. The molecule has 0 aromatic heterocycles. The van der Waals surface area contributed by atoms with Gasteiger partial charge in [-0.05, 0) is 68.3 Å². The second-order valence-corrected chi connectivity index (χ2v) is 8.77. The number of hydrogen-bond donors (Lipinski definition) is 0. The number of allylic oxidation sites excluding steroid dienone is 1. The number of Topliss-reactive ketones (excluding diaryl/α,β-unsaturated/α-hetero) is 2. The molecule has 0 spiro atoms. The Kier molecular flexibility index (Phi) is 3.47. The maximum atomic E-state index is 12.5. The normalized spacial score (nSPS) is 48.9. The third-order valence-corrected chi connectivity index (χ3v) is 8.13. The number of ketones is 2. The van der Waals surface area contributed by atoms with E-state index in [1.165, 1.54) is 6.42 Å². The molecule has 4 rings (SSSR count). The van der Waals surface area contributed by atoms with E-state index in [9.17, 15) is 9.59 Å². The molecule has 0 aromatic carbocycles. The van der Waals surface area contributed by atoms with Crippen molar-refractivity contribution in [2.45, 2.75) is 64.7 Å². The largest absolute Gasteiger partial charge is 0.300 e. The standard InChI is InChI=1S/C21H28O2/c1-3-10-21-12-8-15(22)13-14(21)4-5-16-17-6-7-19(23)20(17,2)11-9-18(16)21/h10,14,16-18H,1,4-9,11-13H2,2H3/t14-,16-,17-,18-,20-,21-/m0/s1. The van der Waals surface area contributed by atoms with Crippen LogP contribution in [0.2, 0.25) is 0 Å². The monoisotopic (exact) mass is 312 g/mol. The molecule has 0 saturated heterocycles. The summed E-state index contributed by atoms with van der Waals surface area (Å²) in [5.41, 5.74) is 3.17. The van der Waals surface area contributed by atoms with Gasteiger partial charge in [0, 0.05) is 30.1 Å². The summed E-state index contributed by atoms with van der Waals surface area (Å²) in [5, 5.41) is 0. The third-order valence-electron chi connectivity index (χ3n) is 8.13. The fourth-order valence-corrected chi connectivity index (χ4v) is 6.99. The van der Waals surface area contributed by atoms with Crippen molar-refractivity contribution in [2.24, 2.45) is 34.5 Å². The molecule has 4 fully saturated rings. The van der Waals surface area contributed by atoms with E-state index in [4.69, 9.17) is 0 Å². The zero-order valence-electron chi connectivity index (χ0n) is 14.3. The van der Waals surface area contributed by atoms with Crippen LogP contribution in [0.4, 0.5) is 0 Å². The number of fused-ring (bicyclic) bond motifs is 5. The minimum atomic E-state index is -0.0580. The maximum Gasteiger partial charge on any atom is 0.139 e. The molecule has 0 amide bonds. The molecule has 6 atom stereocenters. The van der Waals surface area contributed by atoms with E-state index in [-0.39, 0.29) is 10.8 Å². The maximum absolute atomic E-state index is 12.5. The Morgan fingerprint density at radius 3 is 2.70 bits per heavy atom. The minimum absolute atomic E-state index is 0.0580. The van der Waals surface area contributed by atoms with Crippen LogP contribution in [0.1, 0.15) is 64.7 Å². The lowest BCUT2D eigenvalue weighted by Crippen LogP contribution is -2.54. The second kappa shape index (κ2) is 5.18. The van der Waals surface area contributed by atoms with Gasteiger partial charge >= 0.3 is 0 Å². The van der Waals surface area contributed by atoms with E-state index in [0.29, 0.717) is 35.2 Å². The first kappa shape index (κ1) is 15.4. The second-order valence-electron chi connectivity index (χ2n) is 8.77. The highest BCUT2D eigenvalue weighted by Gasteiger charge is 2.60. The van der Waals surface area contributed by atoms with E-state index in [2.05, 4.69) is 25.3 Å². The molecule has 124 valence electrons. The number of rotatable bonds is 1. The van der Waals surface area contributed by atoms with Crippen LogP contribution in [0.25, 0.3) is 0 Å². The Morgan fingerprint density at radius 2 is 1.91 bits per heavy atom. The molecule has 2 nitrogen and oxygen atoms in total. The number of carbonyl (C=O) groups excluding carboxylic acids is 2. The van der Waals surface area contributed by atoms with Gasteiger partial charge in [0.1, 0.15) is 11.6 Å². The molecule has 4 saturated carbocycles. The van der Waals surface area contributed by atoms with Gasteiger partial charge in [-0.25, -0.2) is 0 Å². The van der Waals surface area contributed by atoms with Gasteiger partial charge in [-0.2, -0.15) is 0 Å². The summed E-state index contributed by atoms with van der Waals surface area (Å²) in [6.07, 6.45) is 11.1. The van der Waals surface area contributed by atoms with Crippen molar-refractivity contribution in [1.29, 1.82) is 0 Å². The van der Waals surface area contributed by atoms with Gasteiger partial charge in [-0.3, -0.25) is 9.59 Å². The van der Waals surface area contributed by atoms with Crippen LogP contribution in [0, 0.1) is 34.5 Å². The van der Waals surface area contributed by atoms with Gasteiger partial charge in [0.25, 0.3) is 0 Å². The van der Waals surface area contributed by atoms with Crippen molar-refractivity contribution in [3.63, 3.8) is 0 Å². The molecule has 4 aliphatic carbocycles. The van der Waals surface area contributed by atoms with Crippen LogP contribution in [-0.2, 0) is 9.59 Å². The van der Waals surface area contributed by atoms with Crippen LogP contribution >= 0.6 is 0 Å². The third kappa shape index (κ3) is 2.00. The zero-order chi connectivity index (χ0) is 16.2. The fourth-order valence-electron chi connectivity index (χ4n) is 6.99. The van der Waals surface area contributed by atoms with Gasteiger partial charge in [-0.1, -0.05) is 13.5 Å². The Hall–Kier alpha value is -1.14. The van der Waals surface area contributed by atoms with Crippen LogP contribution in [0.15, 0.2) is 18.4 Å². The minimum Gasteiger partial charge on any atom is -0.300 e. The summed E-state index contributed by atoms with van der Waals surface area (Å²) in [5.74, 6) is 3.30. The molecule has 4 aliphatic rings. The van der Waals surface area contributed by atoms with Gasteiger partial charge in [0.15, 0.2) is 0 Å². The molecule has 0 heterocycles. The van der Waals surface area contributed by atoms with E-state index in [1.807, 2.05) is 0 Å². The lowest BCUT2D eigenvalue weighted by atomic mass is 9.44. The molecule has 0 aliphatic heterocycles. The van der Waals surface area contributed by atoms with E-state index >= 15 is 0 Å². The van der Waals surface area contributed by atoms with Crippen LogP contribution in [-0.4, -0.2) is 11.6 Å². The highest BCUT2D eigenvalue weighted by atomic mass is 16.1. The first-order valence-corrected chi connectivity index (χ1v) is 9.43. The van der Waals surface area contributed by atoms with Gasteiger partial charge in [0.05, 0.1) is 0 Å². The Morgan fingerprint density at radius 1 is 1.09 bits per heavy atom. The van der Waals surface area contributed by atoms with Gasteiger partial charge < -0.3 is 0 Å². The predicted octanol–water partition coefficient (Wildman–Crippen LogP) is 4.49. The molecule has 0 bridgehead atoms. The highest BCUT2D eigenvalue weighted by molar-refractivity contribution is 5.87. The molecule has 23 heavy (non-hydrogen) atoms. The summed E-state index contributed by atoms with van der Waals surface area (Å²) >= 11 is 0. The Labute approximate surface area is 139 Å². The van der Waals surface area contributed by atoms with Crippen molar-refractivity contribution in [3.8, 4) is 0 Å². The first-order chi connectivity index (χ1) is 11.0. The molecule has 0 aromatic rings. The molecule has 0 radical (unpaired) electrons.